The zero-order valence-corrected chi connectivity index (χ0v) is 8.71. The highest BCUT2D eigenvalue weighted by Gasteiger charge is 2.05. The third-order valence-electron chi connectivity index (χ3n) is 2.14. The van der Waals surface area contributed by atoms with E-state index in [1.807, 2.05) is 12.1 Å². The maximum absolute atomic E-state index is 9.36. The molecule has 3 N–H and O–H groups in total. The van der Waals surface area contributed by atoms with Gasteiger partial charge < -0.3 is 15.6 Å². The lowest BCUT2D eigenvalue weighted by molar-refractivity contribution is 0.415. The fourth-order valence-electron chi connectivity index (χ4n) is 1.26. The molecule has 0 saturated heterocycles. The largest absolute Gasteiger partial charge is 0.497 e. The van der Waals surface area contributed by atoms with Crippen LogP contribution in [0.5, 0.6) is 11.6 Å². The van der Waals surface area contributed by atoms with Crippen molar-refractivity contribution < 1.29 is 9.84 Å². The van der Waals surface area contributed by atoms with Crippen molar-refractivity contribution in [1.29, 1.82) is 0 Å². The van der Waals surface area contributed by atoms with Crippen molar-refractivity contribution in [1.82, 2.24) is 9.97 Å². The molecular weight excluding hydrogens is 206 g/mol. The van der Waals surface area contributed by atoms with Crippen molar-refractivity contribution in [2.45, 2.75) is 0 Å². The molecule has 0 aliphatic rings. The molecule has 0 unspecified atom stereocenters. The van der Waals surface area contributed by atoms with Crippen molar-refractivity contribution in [3.8, 4) is 23.0 Å². The van der Waals surface area contributed by atoms with E-state index in [0.717, 1.165) is 11.3 Å². The van der Waals surface area contributed by atoms with E-state index in [2.05, 4.69) is 9.97 Å². The van der Waals surface area contributed by atoms with Crippen LogP contribution in [-0.4, -0.2) is 22.2 Å². The number of ether oxygens (including phenoxy) is 1. The first-order valence-electron chi connectivity index (χ1n) is 4.66. The van der Waals surface area contributed by atoms with Crippen molar-refractivity contribution in [3.05, 3.63) is 30.5 Å². The van der Waals surface area contributed by atoms with Gasteiger partial charge in [0.2, 0.25) is 5.88 Å². The first kappa shape index (κ1) is 10.2. The summed E-state index contributed by atoms with van der Waals surface area (Å²) in [6, 6.07) is 7.21. The van der Waals surface area contributed by atoms with Crippen LogP contribution in [0.2, 0.25) is 0 Å². The summed E-state index contributed by atoms with van der Waals surface area (Å²) in [5.41, 5.74) is 6.37. The van der Waals surface area contributed by atoms with Crippen molar-refractivity contribution in [2.24, 2.45) is 0 Å². The standard InChI is InChI=1S/C11H11N3O2/c1-16-8-4-2-7(3-5-8)10-13-6-9(12)11(15)14-10/h2-6H,12H2,1H3,(H,13,14,15). The predicted octanol–water partition coefficient (Wildman–Crippen LogP) is 1.44. The molecular formula is C11H11N3O2. The minimum absolute atomic E-state index is 0.164. The van der Waals surface area contributed by atoms with Gasteiger partial charge >= 0.3 is 0 Å². The lowest BCUT2D eigenvalue weighted by Crippen LogP contribution is -1.94. The monoisotopic (exact) mass is 217 g/mol. The van der Waals surface area contributed by atoms with Crippen LogP contribution < -0.4 is 10.5 Å². The van der Waals surface area contributed by atoms with Gasteiger partial charge in [-0.3, -0.25) is 0 Å². The summed E-state index contributed by atoms with van der Waals surface area (Å²) in [6.07, 6.45) is 1.38. The van der Waals surface area contributed by atoms with Gasteiger partial charge in [0.05, 0.1) is 13.3 Å². The molecule has 1 aromatic heterocycles. The number of benzene rings is 1. The molecule has 5 heteroatoms. The maximum Gasteiger partial charge on any atom is 0.238 e. The van der Waals surface area contributed by atoms with Crippen LogP contribution in [0, 0.1) is 0 Å². The number of hydrogen-bond donors (Lipinski definition) is 2. The summed E-state index contributed by atoms with van der Waals surface area (Å²) in [5, 5.41) is 9.36. The number of aromatic hydroxyl groups is 1. The smallest absolute Gasteiger partial charge is 0.238 e. The molecule has 0 spiro atoms. The Morgan fingerprint density at radius 3 is 2.50 bits per heavy atom. The van der Waals surface area contributed by atoms with Crippen LogP contribution in [0.3, 0.4) is 0 Å². The molecule has 0 fully saturated rings. The van der Waals surface area contributed by atoms with Crippen LogP contribution in [0.25, 0.3) is 11.4 Å². The topological polar surface area (TPSA) is 81.3 Å². The van der Waals surface area contributed by atoms with E-state index >= 15 is 0 Å². The van der Waals surface area contributed by atoms with Crippen LogP contribution >= 0.6 is 0 Å². The number of aromatic nitrogens is 2. The first-order valence-corrected chi connectivity index (χ1v) is 4.66. The second kappa shape index (κ2) is 4.06. The van der Waals surface area contributed by atoms with Gasteiger partial charge in [-0.05, 0) is 24.3 Å². The van der Waals surface area contributed by atoms with E-state index in [4.69, 9.17) is 10.5 Å². The predicted molar refractivity (Wildman–Crippen MR) is 60.1 cm³/mol. The van der Waals surface area contributed by atoms with Gasteiger partial charge in [-0.2, -0.15) is 4.98 Å². The molecule has 16 heavy (non-hydrogen) atoms. The Kier molecular flexibility index (Phi) is 2.59. The normalized spacial score (nSPS) is 10.1. The Hall–Kier alpha value is -2.30. The number of nitrogens with two attached hydrogens (primary N) is 1. The average molecular weight is 217 g/mol. The summed E-state index contributed by atoms with van der Waals surface area (Å²) >= 11 is 0. The molecule has 0 bridgehead atoms. The third kappa shape index (κ3) is 1.88. The fourth-order valence-corrected chi connectivity index (χ4v) is 1.26. The van der Waals surface area contributed by atoms with Gasteiger partial charge in [0.25, 0.3) is 0 Å². The molecule has 0 amide bonds. The fraction of sp³-hybridized carbons (Fsp3) is 0.0909. The number of hydrogen-bond acceptors (Lipinski definition) is 5. The molecule has 1 aromatic carbocycles. The van der Waals surface area contributed by atoms with Crippen LogP contribution in [0.4, 0.5) is 5.69 Å². The minimum atomic E-state index is -0.208. The molecule has 2 rings (SSSR count). The van der Waals surface area contributed by atoms with Gasteiger partial charge in [0.1, 0.15) is 11.4 Å². The Morgan fingerprint density at radius 1 is 1.25 bits per heavy atom. The van der Waals surface area contributed by atoms with E-state index in [1.165, 1.54) is 6.20 Å². The second-order valence-corrected chi connectivity index (χ2v) is 3.20. The van der Waals surface area contributed by atoms with Crippen molar-refractivity contribution in [3.63, 3.8) is 0 Å². The summed E-state index contributed by atoms with van der Waals surface area (Å²) < 4.78 is 5.04. The van der Waals surface area contributed by atoms with E-state index in [0.29, 0.717) is 5.82 Å². The summed E-state index contributed by atoms with van der Waals surface area (Å²) in [7, 11) is 1.60. The van der Waals surface area contributed by atoms with Crippen LogP contribution in [0.1, 0.15) is 0 Å². The Labute approximate surface area is 92.5 Å². The molecule has 0 aliphatic heterocycles. The Bertz CT molecular complexity index is 497. The van der Waals surface area contributed by atoms with Crippen LogP contribution in [0.15, 0.2) is 30.5 Å². The molecule has 2 aromatic rings. The van der Waals surface area contributed by atoms with E-state index in [9.17, 15) is 5.11 Å². The zero-order valence-electron chi connectivity index (χ0n) is 8.71. The van der Waals surface area contributed by atoms with Gasteiger partial charge in [0.15, 0.2) is 5.82 Å². The average Bonchev–Trinajstić information content (AvgIpc) is 2.33. The quantitative estimate of drug-likeness (QED) is 0.795. The van der Waals surface area contributed by atoms with Gasteiger partial charge in [-0.1, -0.05) is 0 Å². The number of rotatable bonds is 2. The minimum Gasteiger partial charge on any atom is -0.497 e. The summed E-state index contributed by atoms with van der Waals surface area (Å²) in [6.45, 7) is 0. The lowest BCUT2D eigenvalue weighted by Gasteiger charge is -2.03. The van der Waals surface area contributed by atoms with E-state index in [1.54, 1.807) is 19.2 Å². The first-order chi connectivity index (χ1) is 7.70. The molecule has 0 aliphatic carbocycles. The number of nitrogen functional groups attached to an aromatic ring is 1. The summed E-state index contributed by atoms with van der Waals surface area (Å²) in [4.78, 5) is 7.91. The number of anilines is 1. The molecule has 0 saturated carbocycles. The zero-order chi connectivity index (χ0) is 11.5. The second-order valence-electron chi connectivity index (χ2n) is 3.20. The summed E-state index contributed by atoms with van der Waals surface area (Å²) in [5.74, 6) is 0.971. The number of methoxy groups -OCH3 is 1. The molecule has 5 nitrogen and oxygen atoms in total. The van der Waals surface area contributed by atoms with Gasteiger partial charge in [0, 0.05) is 5.56 Å². The maximum atomic E-state index is 9.36. The molecule has 82 valence electrons. The third-order valence-corrected chi connectivity index (χ3v) is 2.14. The van der Waals surface area contributed by atoms with Gasteiger partial charge in [-0.25, -0.2) is 4.98 Å². The molecule has 0 atom stereocenters. The highest BCUT2D eigenvalue weighted by Crippen LogP contribution is 2.22. The highest BCUT2D eigenvalue weighted by molar-refractivity contribution is 5.59. The highest BCUT2D eigenvalue weighted by atomic mass is 16.5. The Morgan fingerprint density at radius 2 is 1.94 bits per heavy atom. The van der Waals surface area contributed by atoms with E-state index in [-0.39, 0.29) is 11.6 Å². The number of nitrogens with zero attached hydrogens (tertiary/aromatic N) is 2. The molecule has 1 heterocycles. The Balaban J connectivity index is 2.38. The van der Waals surface area contributed by atoms with Gasteiger partial charge in [-0.15, -0.1) is 0 Å². The lowest BCUT2D eigenvalue weighted by atomic mass is 10.2. The molecule has 0 radical (unpaired) electrons. The SMILES string of the molecule is COc1ccc(-c2ncc(N)c(O)n2)cc1. The van der Waals surface area contributed by atoms with E-state index < -0.39 is 0 Å². The van der Waals surface area contributed by atoms with Crippen molar-refractivity contribution >= 4 is 5.69 Å². The van der Waals surface area contributed by atoms with Crippen molar-refractivity contribution in [2.75, 3.05) is 12.8 Å². The van der Waals surface area contributed by atoms with Crippen LogP contribution in [-0.2, 0) is 0 Å².